The topological polar surface area (TPSA) is 102 Å². The second kappa shape index (κ2) is 10.3. The lowest BCUT2D eigenvalue weighted by molar-refractivity contribution is -0.123. The van der Waals surface area contributed by atoms with Crippen LogP contribution in [0.2, 0.25) is 10.0 Å². The van der Waals surface area contributed by atoms with Gasteiger partial charge in [-0.2, -0.15) is 0 Å². The molecular formula is C20H22Cl2N2O5S. The fourth-order valence-corrected chi connectivity index (χ4v) is 4.08. The van der Waals surface area contributed by atoms with Crippen molar-refractivity contribution in [1.29, 1.82) is 0 Å². The first-order valence-corrected chi connectivity index (χ1v) is 11.4. The lowest BCUT2D eigenvalue weighted by atomic mass is 10.2. The zero-order valence-electron chi connectivity index (χ0n) is 16.6. The van der Waals surface area contributed by atoms with E-state index >= 15 is 0 Å². The number of esters is 1. The van der Waals surface area contributed by atoms with Crippen LogP contribution in [0.5, 0.6) is 0 Å². The maximum atomic E-state index is 12.3. The number of hydrogen-bond acceptors (Lipinski definition) is 5. The molecular weight excluding hydrogens is 451 g/mol. The summed E-state index contributed by atoms with van der Waals surface area (Å²) in [6, 6.07) is 9.62. The SMILES string of the molecule is CCC(C)NS(=O)(=O)c1ccc(C(=O)OC(C)C(=O)Nc2ccc(Cl)cc2Cl)cc1. The van der Waals surface area contributed by atoms with Crippen LogP contribution in [0, 0.1) is 0 Å². The Morgan fingerprint density at radius 2 is 1.70 bits per heavy atom. The van der Waals surface area contributed by atoms with E-state index in [9.17, 15) is 18.0 Å². The van der Waals surface area contributed by atoms with Crippen LogP contribution in [0.25, 0.3) is 0 Å². The van der Waals surface area contributed by atoms with Crippen LogP contribution in [0.1, 0.15) is 37.6 Å². The minimum absolute atomic E-state index is 0.0301. The van der Waals surface area contributed by atoms with Crippen molar-refractivity contribution in [2.75, 3.05) is 5.32 Å². The van der Waals surface area contributed by atoms with E-state index in [4.69, 9.17) is 27.9 Å². The largest absolute Gasteiger partial charge is 0.449 e. The van der Waals surface area contributed by atoms with Crippen molar-refractivity contribution in [3.05, 3.63) is 58.1 Å². The van der Waals surface area contributed by atoms with Crippen molar-refractivity contribution in [3.8, 4) is 0 Å². The van der Waals surface area contributed by atoms with Gasteiger partial charge in [0.05, 0.1) is 21.2 Å². The Labute approximate surface area is 185 Å². The molecule has 0 aromatic heterocycles. The molecule has 0 aliphatic rings. The molecule has 2 unspecified atom stereocenters. The number of benzene rings is 2. The smallest absolute Gasteiger partial charge is 0.338 e. The van der Waals surface area contributed by atoms with Gasteiger partial charge in [0, 0.05) is 11.1 Å². The van der Waals surface area contributed by atoms with Crippen LogP contribution in [-0.2, 0) is 19.6 Å². The number of amides is 1. The zero-order chi connectivity index (χ0) is 22.5. The molecule has 2 aromatic rings. The van der Waals surface area contributed by atoms with E-state index in [-0.39, 0.29) is 21.5 Å². The molecule has 0 saturated heterocycles. The highest BCUT2D eigenvalue weighted by atomic mass is 35.5. The van der Waals surface area contributed by atoms with Crippen LogP contribution >= 0.6 is 23.2 Å². The molecule has 0 fully saturated rings. The Kier molecular flexibility index (Phi) is 8.25. The van der Waals surface area contributed by atoms with Gasteiger partial charge in [-0.25, -0.2) is 17.9 Å². The van der Waals surface area contributed by atoms with Crippen LogP contribution in [0.3, 0.4) is 0 Å². The summed E-state index contributed by atoms with van der Waals surface area (Å²) in [7, 11) is -3.68. The maximum absolute atomic E-state index is 12.3. The van der Waals surface area contributed by atoms with Gasteiger partial charge < -0.3 is 10.1 Å². The Hall–Kier alpha value is -2.13. The Morgan fingerprint density at radius 3 is 2.27 bits per heavy atom. The minimum atomic E-state index is -3.68. The molecule has 0 aliphatic heterocycles. The van der Waals surface area contributed by atoms with Crippen LogP contribution in [-0.4, -0.2) is 32.4 Å². The standard InChI is InChI=1S/C20H22Cl2N2O5S/c1-4-12(2)24-30(27,28)16-8-5-14(6-9-16)20(26)29-13(3)19(25)23-18-10-7-15(21)11-17(18)22/h5-13,24H,4H2,1-3H3,(H,23,25). The van der Waals surface area contributed by atoms with Gasteiger partial charge in [0.1, 0.15) is 0 Å². The molecule has 0 aliphatic carbocycles. The number of rotatable bonds is 8. The summed E-state index contributed by atoms with van der Waals surface area (Å²) < 4.78 is 32.2. The highest BCUT2D eigenvalue weighted by Crippen LogP contribution is 2.25. The highest BCUT2D eigenvalue weighted by Gasteiger charge is 2.21. The third-order valence-electron chi connectivity index (χ3n) is 4.21. The van der Waals surface area contributed by atoms with Crippen molar-refractivity contribution in [2.45, 2.75) is 44.2 Å². The van der Waals surface area contributed by atoms with Gasteiger partial charge in [-0.3, -0.25) is 4.79 Å². The van der Waals surface area contributed by atoms with Crippen LogP contribution in [0.4, 0.5) is 5.69 Å². The predicted molar refractivity (Wildman–Crippen MR) is 116 cm³/mol. The number of anilines is 1. The number of ether oxygens (including phenoxy) is 1. The average Bonchev–Trinajstić information content (AvgIpc) is 2.69. The first-order chi connectivity index (χ1) is 14.0. The molecule has 2 rings (SSSR count). The lowest BCUT2D eigenvalue weighted by Gasteiger charge is -2.15. The monoisotopic (exact) mass is 472 g/mol. The molecule has 10 heteroatoms. The fraction of sp³-hybridized carbons (Fsp3) is 0.300. The molecule has 1 amide bonds. The van der Waals surface area contributed by atoms with Gasteiger partial charge in [0.15, 0.2) is 6.10 Å². The molecule has 2 atom stereocenters. The van der Waals surface area contributed by atoms with Crippen molar-refractivity contribution in [3.63, 3.8) is 0 Å². The number of nitrogens with one attached hydrogen (secondary N) is 2. The van der Waals surface area contributed by atoms with Crippen LogP contribution < -0.4 is 10.0 Å². The van der Waals surface area contributed by atoms with E-state index in [2.05, 4.69) is 10.0 Å². The number of carbonyl (C=O) groups is 2. The number of sulfonamides is 1. The Bertz CT molecular complexity index is 1030. The van der Waals surface area contributed by atoms with E-state index in [1.807, 2.05) is 6.92 Å². The van der Waals surface area contributed by atoms with Crippen LogP contribution in [0.15, 0.2) is 47.4 Å². The molecule has 0 saturated carbocycles. The fourth-order valence-electron chi connectivity index (χ4n) is 2.29. The number of hydrogen-bond donors (Lipinski definition) is 2. The van der Waals surface area contributed by atoms with Gasteiger partial charge in [0.25, 0.3) is 5.91 Å². The van der Waals surface area contributed by atoms with E-state index in [0.29, 0.717) is 17.1 Å². The molecule has 0 heterocycles. The van der Waals surface area contributed by atoms with E-state index in [1.54, 1.807) is 13.0 Å². The molecule has 2 aromatic carbocycles. The third kappa shape index (κ3) is 6.43. The molecule has 30 heavy (non-hydrogen) atoms. The number of halogens is 2. The van der Waals surface area contributed by atoms with E-state index in [1.165, 1.54) is 43.3 Å². The van der Waals surface area contributed by atoms with Crippen molar-refractivity contribution < 1.29 is 22.7 Å². The molecule has 7 nitrogen and oxygen atoms in total. The lowest BCUT2D eigenvalue weighted by Crippen LogP contribution is -2.32. The van der Waals surface area contributed by atoms with E-state index in [0.717, 1.165) is 0 Å². The first-order valence-electron chi connectivity index (χ1n) is 9.12. The first kappa shape index (κ1) is 24.1. The van der Waals surface area contributed by atoms with Gasteiger partial charge in [-0.15, -0.1) is 0 Å². The third-order valence-corrected chi connectivity index (χ3v) is 6.36. The zero-order valence-corrected chi connectivity index (χ0v) is 18.9. The summed E-state index contributed by atoms with van der Waals surface area (Å²) in [5, 5.41) is 3.22. The van der Waals surface area contributed by atoms with Gasteiger partial charge in [-0.05, 0) is 62.7 Å². The van der Waals surface area contributed by atoms with Crippen molar-refractivity contribution in [2.24, 2.45) is 0 Å². The molecule has 2 N–H and O–H groups in total. The summed E-state index contributed by atoms with van der Waals surface area (Å²) in [5.74, 6) is -1.34. The summed E-state index contributed by atoms with van der Waals surface area (Å²) in [4.78, 5) is 24.6. The predicted octanol–water partition coefficient (Wildman–Crippen LogP) is 4.25. The Balaban J connectivity index is 2.02. The number of carbonyl (C=O) groups excluding carboxylic acids is 2. The van der Waals surface area contributed by atoms with Gasteiger partial charge >= 0.3 is 5.97 Å². The molecule has 162 valence electrons. The summed E-state index contributed by atoms with van der Waals surface area (Å²) in [6.45, 7) is 5.03. The average molecular weight is 473 g/mol. The van der Waals surface area contributed by atoms with Gasteiger partial charge in [0.2, 0.25) is 10.0 Å². The normalized spacial score (nSPS) is 13.4. The summed E-state index contributed by atoms with van der Waals surface area (Å²) in [5.41, 5.74) is 0.444. The second-order valence-electron chi connectivity index (χ2n) is 6.62. The van der Waals surface area contributed by atoms with Crippen molar-refractivity contribution >= 4 is 50.8 Å². The molecule has 0 spiro atoms. The second-order valence-corrected chi connectivity index (χ2v) is 9.17. The minimum Gasteiger partial charge on any atom is -0.449 e. The quantitative estimate of drug-likeness (QED) is 0.558. The summed E-state index contributed by atoms with van der Waals surface area (Å²) >= 11 is 11.8. The Morgan fingerprint density at radius 1 is 1.07 bits per heavy atom. The maximum Gasteiger partial charge on any atom is 0.338 e. The molecule has 0 radical (unpaired) electrons. The van der Waals surface area contributed by atoms with Crippen molar-refractivity contribution in [1.82, 2.24) is 4.72 Å². The highest BCUT2D eigenvalue weighted by molar-refractivity contribution is 7.89. The molecule has 0 bridgehead atoms. The summed E-state index contributed by atoms with van der Waals surface area (Å²) in [6.07, 6.45) is -0.468. The van der Waals surface area contributed by atoms with E-state index < -0.39 is 28.0 Å². The van der Waals surface area contributed by atoms with Gasteiger partial charge in [-0.1, -0.05) is 30.1 Å².